The van der Waals surface area contributed by atoms with E-state index in [1.165, 1.54) is 12.1 Å². The smallest absolute Gasteiger partial charge is 0.343 e. The van der Waals surface area contributed by atoms with E-state index < -0.39 is 17.9 Å². The molecule has 1 aliphatic heterocycles. The van der Waals surface area contributed by atoms with Crippen molar-refractivity contribution >= 4 is 11.6 Å². The molecule has 0 fully saturated rings. The third kappa shape index (κ3) is 2.97. The molecule has 0 saturated carbocycles. The maximum atomic E-state index is 14.8. The Bertz CT molecular complexity index is 722. The molecule has 4 nitrogen and oxygen atoms in total. The molecule has 0 unspecified atom stereocenters. The molecule has 3 rings (SSSR count). The molecule has 0 radical (unpaired) electrons. The minimum atomic E-state index is -3.72. The highest BCUT2D eigenvalue weighted by Crippen LogP contribution is 2.36. The monoisotopic (exact) mass is 332 g/mol. The first-order chi connectivity index (χ1) is 11.5. The van der Waals surface area contributed by atoms with Crippen LogP contribution in [0.3, 0.4) is 0 Å². The zero-order chi connectivity index (χ0) is 17.2. The second kappa shape index (κ2) is 6.57. The Labute approximate surface area is 138 Å². The minimum absolute atomic E-state index is 0.160. The summed E-state index contributed by atoms with van der Waals surface area (Å²) in [4.78, 5) is 13.7. The van der Waals surface area contributed by atoms with Crippen LogP contribution in [0, 0.1) is 0 Å². The summed E-state index contributed by atoms with van der Waals surface area (Å²) in [7, 11) is 0. The predicted octanol–water partition coefficient (Wildman–Crippen LogP) is 3.14. The van der Waals surface area contributed by atoms with Gasteiger partial charge in [0, 0.05) is 6.54 Å². The van der Waals surface area contributed by atoms with Gasteiger partial charge in [-0.2, -0.15) is 8.78 Å². The number of carbonyl (C=O) groups is 1. The average Bonchev–Trinajstić information content (AvgIpc) is 2.83. The fraction of sp³-hybridized carbons (Fsp3) is 0.278. The summed E-state index contributed by atoms with van der Waals surface area (Å²) in [6.45, 7) is 0.532. The fourth-order valence-corrected chi connectivity index (χ4v) is 2.72. The van der Waals surface area contributed by atoms with Gasteiger partial charge >= 0.3 is 5.92 Å². The number of hydrogen-bond donors (Lipinski definition) is 1. The average molecular weight is 332 g/mol. The lowest BCUT2D eigenvalue weighted by atomic mass is 10.00. The number of ether oxygens (including phenoxy) is 1. The van der Waals surface area contributed by atoms with E-state index in [4.69, 9.17) is 10.5 Å². The van der Waals surface area contributed by atoms with Crippen molar-refractivity contribution in [3.05, 3.63) is 60.2 Å². The molecular formula is C18H18F2N2O2. The topological polar surface area (TPSA) is 55.6 Å². The van der Waals surface area contributed by atoms with Gasteiger partial charge in [-0.05, 0) is 24.1 Å². The maximum absolute atomic E-state index is 14.8. The third-order valence-corrected chi connectivity index (χ3v) is 4.02. The number of amides is 1. The number of rotatable bonds is 3. The van der Waals surface area contributed by atoms with Crippen molar-refractivity contribution in [2.24, 2.45) is 5.73 Å². The first-order valence-electron chi connectivity index (χ1n) is 7.74. The molecule has 0 saturated heterocycles. The van der Waals surface area contributed by atoms with Crippen molar-refractivity contribution in [2.45, 2.75) is 18.4 Å². The van der Waals surface area contributed by atoms with Gasteiger partial charge < -0.3 is 15.4 Å². The number of anilines is 1. The maximum Gasteiger partial charge on any atom is 0.343 e. The number of para-hydroxylation sites is 2. The summed E-state index contributed by atoms with van der Waals surface area (Å²) in [6.07, 6.45) is 0.469. The van der Waals surface area contributed by atoms with Crippen LogP contribution in [0.15, 0.2) is 54.6 Å². The van der Waals surface area contributed by atoms with E-state index in [9.17, 15) is 13.6 Å². The van der Waals surface area contributed by atoms with Gasteiger partial charge in [0.1, 0.15) is 11.8 Å². The van der Waals surface area contributed by atoms with Crippen LogP contribution >= 0.6 is 0 Å². The lowest BCUT2D eigenvalue weighted by molar-refractivity contribution is -0.145. The predicted molar refractivity (Wildman–Crippen MR) is 87.2 cm³/mol. The minimum Gasteiger partial charge on any atom is -0.491 e. The van der Waals surface area contributed by atoms with E-state index >= 15 is 0 Å². The first kappa shape index (κ1) is 16.4. The van der Waals surface area contributed by atoms with Crippen molar-refractivity contribution in [3.8, 4) is 5.75 Å². The highest BCUT2D eigenvalue weighted by molar-refractivity contribution is 6.00. The number of fused-ring (bicyclic) bond motifs is 1. The number of benzene rings is 2. The van der Waals surface area contributed by atoms with Crippen molar-refractivity contribution in [2.75, 3.05) is 18.1 Å². The Kier molecular flexibility index (Phi) is 4.49. The van der Waals surface area contributed by atoms with Gasteiger partial charge in [-0.3, -0.25) is 4.79 Å². The van der Waals surface area contributed by atoms with Crippen LogP contribution in [0.2, 0.25) is 0 Å². The van der Waals surface area contributed by atoms with Crippen molar-refractivity contribution in [1.82, 2.24) is 0 Å². The van der Waals surface area contributed by atoms with Crippen LogP contribution in [0.25, 0.3) is 0 Å². The Morgan fingerprint density at radius 3 is 2.54 bits per heavy atom. The van der Waals surface area contributed by atoms with Crippen LogP contribution in [0.1, 0.15) is 18.0 Å². The van der Waals surface area contributed by atoms with Gasteiger partial charge in [-0.25, -0.2) is 0 Å². The molecular weight excluding hydrogens is 314 g/mol. The molecule has 6 heteroatoms. The van der Waals surface area contributed by atoms with Crippen LogP contribution < -0.4 is 15.4 Å². The molecule has 0 bridgehead atoms. The second-order valence-corrected chi connectivity index (χ2v) is 5.64. The van der Waals surface area contributed by atoms with Crippen LogP contribution in [-0.2, 0) is 4.79 Å². The van der Waals surface area contributed by atoms with Gasteiger partial charge in [-0.15, -0.1) is 0 Å². The van der Waals surface area contributed by atoms with Crippen LogP contribution in [-0.4, -0.2) is 25.0 Å². The fourth-order valence-electron chi connectivity index (χ4n) is 2.72. The Balaban J connectivity index is 1.93. The lowest BCUT2D eigenvalue weighted by Crippen LogP contribution is -2.49. The van der Waals surface area contributed by atoms with Crippen molar-refractivity contribution in [1.29, 1.82) is 0 Å². The van der Waals surface area contributed by atoms with E-state index in [2.05, 4.69) is 0 Å². The van der Waals surface area contributed by atoms with E-state index in [0.717, 1.165) is 4.90 Å². The molecule has 126 valence electrons. The third-order valence-electron chi connectivity index (χ3n) is 4.02. The largest absolute Gasteiger partial charge is 0.491 e. The number of alkyl halides is 2. The molecule has 1 aliphatic rings. The van der Waals surface area contributed by atoms with Crippen LogP contribution in [0.4, 0.5) is 14.5 Å². The number of nitrogens with zero attached hydrogens (tertiary/aromatic N) is 1. The van der Waals surface area contributed by atoms with E-state index in [1.54, 1.807) is 42.5 Å². The summed E-state index contributed by atoms with van der Waals surface area (Å²) in [6, 6.07) is 12.9. The molecule has 1 amide bonds. The molecule has 2 N–H and O–H groups in total. The Morgan fingerprint density at radius 2 is 1.79 bits per heavy atom. The molecule has 2 aromatic rings. The molecule has 0 aromatic heterocycles. The number of hydrogen-bond acceptors (Lipinski definition) is 3. The standard InChI is InChI=1S/C18H18F2N2O2/c19-18(20,16(21)13-7-2-1-3-8-13)17(23)22-11-6-12-24-15-10-5-4-9-14(15)22/h1-5,7-10,16H,6,11-12,21H2/t16-/m0/s1. The summed E-state index contributed by atoms with van der Waals surface area (Å²) in [5.74, 6) is -4.61. The second-order valence-electron chi connectivity index (χ2n) is 5.64. The van der Waals surface area contributed by atoms with Crippen LogP contribution in [0.5, 0.6) is 5.75 Å². The van der Waals surface area contributed by atoms with Gasteiger partial charge in [0.25, 0.3) is 5.91 Å². The van der Waals surface area contributed by atoms with Gasteiger partial charge in [0.05, 0.1) is 12.3 Å². The summed E-state index contributed by atoms with van der Waals surface area (Å²) < 4.78 is 35.0. The van der Waals surface area contributed by atoms with Gasteiger partial charge in [0.15, 0.2) is 0 Å². The summed E-state index contributed by atoms with van der Waals surface area (Å²) in [5, 5.41) is 0. The van der Waals surface area contributed by atoms with Crippen molar-refractivity contribution in [3.63, 3.8) is 0 Å². The molecule has 0 aliphatic carbocycles. The van der Waals surface area contributed by atoms with Gasteiger partial charge in [-0.1, -0.05) is 42.5 Å². The highest BCUT2D eigenvalue weighted by Gasteiger charge is 2.49. The SMILES string of the molecule is N[C@@H](c1ccccc1)C(F)(F)C(=O)N1CCCOc2ccccc21. The molecule has 1 heterocycles. The zero-order valence-electron chi connectivity index (χ0n) is 13.0. The molecule has 1 atom stereocenters. The number of carbonyl (C=O) groups excluding carboxylic acids is 1. The Hall–Kier alpha value is -2.47. The normalized spacial score (nSPS) is 15.9. The highest BCUT2D eigenvalue weighted by atomic mass is 19.3. The van der Waals surface area contributed by atoms with E-state index in [-0.39, 0.29) is 12.1 Å². The van der Waals surface area contributed by atoms with Crippen molar-refractivity contribution < 1.29 is 18.3 Å². The summed E-state index contributed by atoms with van der Waals surface area (Å²) in [5.41, 5.74) is 6.28. The van der Waals surface area contributed by atoms with E-state index in [0.29, 0.717) is 24.5 Å². The number of halogens is 2. The number of nitrogens with two attached hydrogens (primary N) is 1. The molecule has 2 aromatic carbocycles. The Morgan fingerprint density at radius 1 is 1.12 bits per heavy atom. The molecule has 24 heavy (non-hydrogen) atoms. The lowest BCUT2D eigenvalue weighted by Gasteiger charge is -2.29. The zero-order valence-corrected chi connectivity index (χ0v) is 13.0. The van der Waals surface area contributed by atoms with Gasteiger partial charge in [0.2, 0.25) is 0 Å². The first-order valence-corrected chi connectivity index (χ1v) is 7.74. The molecule has 0 spiro atoms. The summed E-state index contributed by atoms with van der Waals surface area (Å²) >= 11 is 0. The van der Waals surface area contributed by atoms with E-state index in [1.807, 2.05) is 0 Å². The quantitative estimate of drug-likeness (QED) is 0.939.